The van der Waals surface area contributed by atoms with Gasteiger partial charge in [-0.3, -0.25) is 4.79 Å². The highest BCUT2D eigenvalue weighted by molar-refractivity contribution is 5.76. The second-order valence-electron chi connectivity index (χ2n) is 17.3. The highest BCUT2D eigenvalue weighted by atomic mass is 16.7. The zero-order valence-electron chi connectivity index (χ0n) is 27.1. The summed E-state index contributed by atoms with van der Waals surface area (Å²) in [5.41, 5.74) is 0.232. The summed E-state index contributed by atoms with van der Waals surface area (Å²) in [7, 11) is 0. The summed E-state index contributed by atoms with van der Waals surface area (Å²) in [5.74, 6) is 0.0529. The maximum atomic E-state index is 12.9. The smallest absolute Gasteiger partial charge is 0.310 e. The summed E-state index contributed by atoms with van der Waals surface area (Å²) < 4.78 is 12.0. The first-order chi connectivity index (χ1) is 20.0. The molecule has 6 rings (SSSR count). The molecule has 0 aromatic rings. The number of hydrogen-bond donors (Lipinski definition) is 5. The van der Waals surface area contributed by atoms with Gasteiger partial charge in [0.05, 0.1) is 24.7 Å². The first kappa shape index (κ1) is 31.9. The number of fused-ring (bicyclic) bond motifs is 7. The lowest BCUT2D eigenvalue weighted by Crippen LogP contribution is -2.66. The van der Waals surface area contributed by atoms with Gasteiger partial charge in [0.15, 0.2) is 6.29 Å². The van der Waals surface area contributed by atoms with Crippen LogP contribution in [0.1, 0.15) is 106 Å². The molecule has 6 aliphatic rings. The van der Waals surface area contributed by atoms with Crippen LogP contribution in [0.3, 0.4) is 0 Å². The number of aliphatic carboxylic acids is 1. The van der Waals surface area contributed by atoms with Crippen molar-refractivity contribution < 1.29 is 39.8 Å². The number of carboxylic acid groups (broad SMARTS) is 1. The van der Waals surface area contributed by atoms with E-state index in [0.29, 0.717) is 12.3 Å². The molecule has 43 heavy (non-hydrogen) atoms. The van der Waals surface area contributed by atoms with Crippen molar-refractivity contribution in [2.45, 2.75) is 136 Å². The Kier molecular flexibility index (Phi) is 7.60. The van der Waals surface area contributed by atoms with Gasteiger partial charge in [0, 0.05) is 5.41 Å². The molecule has 8 nitrogen and oxygen atoms in total. The van der Waals surface area contributed by atoms with Gasteiger partial charge in [-0.25, -0.2) is 0 Å². The molecule has 244 valence electrons. The molecule has 5 fully saturated rings. The van der Waals surface area contributed by atoms with E-state index >= 15 is 0 Å². The quantitative estimate of drug-likeness (QED) is 0.231. The number of allylic oxidation sites excluding steroid dienone is 2. The average molecular weight is 605 g/mol. The molecule has 13 atom stereocenters. The Morgan fingerprint density at radius 1 is 0.930 bits per heavy atom. The van der Waals surface area contributed by atoms with Crippen LogP contribution in [-0.2, 0) is 14.3 Å². The van der Waals surface area contributed by atoms with Crippen molar-refractivity contribution in [2.75, 3.05) is 13.2 Å². The number of carboxylic acids is 1. The third-order valence-corrected chi connectivity index (χ3v) is 14.9. The lowest BCUT2D eigenvalue weighted by Gasteiger charge is -2.71. The average Bonchev–Trinajstić information content (AvgIpc) is 2.94. The van der Waals surface area contributed by atoms with Crippen LogP contribution in [-0.4, -0.2) is 75.4 Å². The predicted molar refractivity (Wildman–Crippen MR) is 161 cm³/mol. The molecule has 4 saturated carbocycles. The van der Waals surface area contributed by atoms with E-state index in [1.165, 1.54) is 5.57 Å². The maximum Gasteiger partial charge on any atom is 0.310 e. The Hall–Kier alpha value is -1.03. The van der Waals surface area contributed by atoms with Crippen molar-refractivity contribution in [3.63, 3.8) is 0 Å². The number of hydrogen-bond acceptors (Lipinski definition) is 7. The molecule has 0 aromatic heterocycles. The third kappa shape index (κ3) is 4.32. The van der Waals surface area contributed by atoms with Crippen LogP contribution in [0.5, 0.6) is 0 Å². The van der Waals surface area contributed by atoms with Gasteiger partial charge in [-0.1, -0.05) is 53.2 Å². The Morgan fingerprint density at radius 3 is 2.30 bits per heavy atom. The first-order valence-corrected chi connectivity index (χ1v) is 16.9. The summed E-state index contributed by atoms with van der Waals surface area (Å²) in [6.45, 7) is 13.9. The number of aliphatic hydroxyl groups excluding tert-OH is 4. The summed E-state index contributed by atoms with van der Waals surface area (Å²) in [5, 5.41) is 52.3. The summed E-state index contributed by atoms with van der Waals surface area (Å²) in [6.07, 6.45) is 6.03. The Balaban J connectivity index is 1.32. The molecular weight excluding hydrogens is 548 g/mol. The molecule has 5 N–H and O–H groups in total. The van der Waals surface area contributed by atoms with Gasteiger partial charge in [-0.05, 0) is 104 Å². The van der Waals surface area contributed by atoms with Gasteiger partial charge in [-0.2, -0.15) is 0 Å². The molecular formula is C35H56O8. The minimum atomic E-state index is -1.36. The monoisotopic (exact) mass is 604 g/mol. The van der Waals surface area contributed by atoms with Crippen LogP contribution in [0.25, 0.3) is 0 Å². The molecule has 1 heterocycles. The molecule has 0 bridgehead atoms. The number of carbonyl (C=O) groups is 1. The molecule has 0 amide bonds. The highest BCUT2D eigenvalue weighted by Gasteiger charge is 2.70. The van der Waals surface area contributed by atoms with Crippen molar-refractivity contribution in [3.8, 4) is 0 Å². The molecule has 0 spiro atoms. The molecule has 0 aromatic carbocycles. The second-order valence-corrected chi connectivity index (χ2v) is 17.3. The third-order valence-electron chi connectivity index (χ3n) is 14.9. The molecule has 0 unspecified atom stereocenters. The highest BCUT2D eigenvalue weighted by Crippen LogP contribution is 2.76. The number of ether oxygens (including phenoxy) is 2. The number of aliphatic hydroxyl groups is 4. The predicted octanol–water partition coefficient (Wildman–Crippen LogP) is 4.67. The molecule has 1 saturated heterocycles. The zero-order chi connectivity index (χ0) is 31.4. The van der Waals surface area contributed by atoms with Crippen LogP contribution in [0, 0.1) is 50.2 Å². The summed E-state index contributed by atoms with van der Waals surface area (Å²) in [6, 6.07) is 0. The molecule has 8 heteroatoms. The fourth-order valence-corrected chi connectivity index (χ4v) is 11.9. The van der Waals surface area contributed by atoms with Crippen LogP contribution < -0.4 is 0 Å². The Labute approximate surface area is 257 Å². The van der Waals surface area contributed by atoms with E-state index in [2.05, 4.69) is 47.6 Å². The van der Waals surface area contributed by atoms with E-state index < -0.39 is 41.4 Å². The van der Waals surface area contributed by atoms with Crippen molar-refractivity contribution in [1.29, 1.82) is 0 Å². The Morgan fingerprint density at radius 2 is 1.63 bits per heavy atom. The lowest BCUT2D eigenvalue weighted by atomic mass is 9.33. The van der Waals surface area contributed by atoms with Gasteiger partial charge in [-0.15, -0.1) is 0 Å². The van der Waals surface area contributed by atoms with Gasteiger partial charge in [0.2, 0.25) is 0 Å². The summed E-state index contributed by atoms with van der Waals surface area (Å²) >= 11 is 0. The SMILES string of the molecule is CC1(C)CC[C@]2(C(=O)O)CC[C@]3(C)C(=CC[C@H]4[C@@]5(C)CC[C@H](O[C@@H]6OC[C@H](O)[C@H](O)[C@@H]6O)[C@@](C)(CO)[C@@H]5CC[C@]43C)[C@@H]2C1. The van der Waals surface area contributed by atoms with E-state index in [1.54, 1.807) is 0 Å². The van der Waals surface area contributed by atoms with Crippen LogP contribution in [0.2, 0.25) is 0 Å². The fourth-order valence-electron chi connectivity index (χ4n) is 11.9. The largest absolute Gasteiger partial charge is 0.481 e. The standard InChI is InChI=1S/C35H56O8/c1-30(2)13-15-35(29(40)41)16-14-33(5)20(21(35)17-30)7-8-24-31(3)11-10-25(43-28-27(39)26(38)22(37)18-42-28)32(4,19-36)23(31)9-12-34(24,33)6/h7,21-28,36-39H,8-19H2,1-6H3,(H,40,41)/t21-,22-,23+,24-,25-,26-,27-,28-,31-,32-,33+,34+,35-/m0/s1. The van der Waals surface area contributed by atoms with Gasteiger partial charge < -0.3 is 35.0 Å². The lowest BCUT2D eigenvalue weighted by molar-refractivity contribution is -0.312. The van der Waals surface area contributed by atoms with E-state index in [1.807, 2.05) is 0 Å². The van der Waals surface area contributed by atoms with Crippen LogP contribution in [0.15, 0.2) is 11.6 Å². The van der Waals surface area contributed by atoms with Gasteiger partial charge in [0.1, 0.15) is 18.3 Å². The van der Waals surface area contributed by atoms with E-state index in [9.17, 15) is 30.3 Å². The minimum absolute atomic E-state index is 0.0154. The van der Waals surface area contributed by atoms with Crippen LogP contribution >= 0.6 is 0 Å². The second kappa shape index (κ2) is 10.2. The normalized spacial score (nSPS) is 54.3. The minimum Gasteiger partial charge on any atom is -0.481 e. The fraction of sp³-hybridized carbons (Fsp3) is 0.914. The van der Waals surface area contributed by atoms with Crippen molar-refractivity contribution >= 4 is 5.97 Å². The number of rotatable bonds is 4. The van der Waals surface area contributed by atoms with Crippen molar-refractivity contribution in [1.82, 2.24) is 0 Å². The van der Waals surface area contributed by atoms with Crippen molar-refractivity contribution in [3.05, 3.63) is 11.6 Å². The van der Waals surface area contributed by atoms with E-state index in [0.717, 1.165) is 57.8 Å². The van der Waals surface area contributed by atoms with Gasteiger partial charge >= 0.3 is 5.97 Å². The zero-order valence-corrected chi connectivity index (χ0v) is 27.1. The molecule has 0 radical (unpaired) electrons. The summed E-state index contributed by atoms with van der Waals surface area (Å²) in [4.78, 5) is 12.9. The molecule has 1 aliphatic heterocycles. The van der Waals surface area contributed by atoms with E-state index in [4.69, 9.17) is 9.47 Å². The topological polar surface area (TPSA) is 137 Å². The maximum absolute atomic E-state index is 12.9. The van der Waals surface area contributed by atoms with Gasteiger partial charge in [0.25, 0.3) is 0 Å². The van der Waals surface area contributed by atoms with E-state index in [-0.39, 0.29) is 52.8 Å². The Bertz CT molecular complexity index is 1150. The first-order valence-electron chi connectivity index (χ1n) is 16.9. The molecule has 5 aliphatic carbocycles. The van der Waals surface area contributed by atoms with Crippen molar-refractivity contribution in [2.24, 2.45) is 50.2 Å². The van der Waals surface area contributed by atoms with Crippen LogP contribution in [0.4, 0.5) is 0 Å².